The maximum atomic E-state index is 12.1. The number of hydrogen-bond acceptors (Lipinski definition) is 3. The smallest absolute Gasteiger partial charge is 0.225 e. The zero-order valence-electron chi connectivity index (χ0n) is 11.8. The number of hydrogen-bond donors (Lipinski definition) is 1. The summed E-state index contributed by atoms with van der Waals surface area (Å²) in [5, 5.41) is 0. The van der Waals surface area contributed by atoms with Crippen molar-refractivity contribution in [3.8, 4) is 0 Å². The van der Waals surface area contributed by atoms with Crippen LogP contribution in [0.25, 0.3) is 0 Å². The van der Waals surface area contributed by atoms with Gasteiger partial charge >= 0.3 is 0 Å². The minimum Gasteiger partial charge on any atom is -0.380 e. The molecule has 2 N–H and O–H groups in total. The molecule has 0 aliphatic carbocycles. The van der Waals surface area contributed by atoms with Gasteiger partial charge in [-0.15, -0.1) is 12.4 Å². The van der Waals surface area contributed by atoms with E-state index in [2.05, 4.69) is 24.3 Å². The Kier molecular flexibility index (Phi) is 6.99. The second-order valence-corrected chi connectivity index (χ2v) is 5.03. The highest BCUT2D eigenvalue weighted by atomic mass is 35.5. The van der Waals surface area contributed by atoms with E-state index in [1.165, 1.54) is 5.56 Å². The molecule has 1 aliphatic heterocycles. The molecule has 20 heavy (non-hydrogen) atoms. The lowest BCUT2D eigenvalue weighted by molar-refractivity contribution is -0.132. The van der Waals surface area contributed by atoms with Gasteiger partial charge in [0.15, 0.2) is 0 Å². The van der Waals surface area contributed by atoms with Crippen LogP contribution in [0.15, 0.2) is 30.3 Å². The Labute approximate surface area is 126 Å². The minimum absolute atomic E-state index is 0. The molecule has 1 fully saturated rings. The summed E-state index contributed by atoms with van der Waals surface area (Å²) in [7, 11) is 1.60. The number of amides is 1. The van der Waals surface area contributed by atoms with E-state index in [-0.39, 0.29) is 24.4 Å². The third-order valence-electron chi connectivity index (χ3n) is 3.81. The summed E-state index contributed by atoms with van der Waals surface area (Å²) in [6.07, 6.45) is 1.26. The standard InChI is InChI=1S/C15H22N2O2.ClH/c1-19-14(10-16)9-15(18)17-8-7-13(11-17)12-5-3-2-4-6-12;/h2-6,13-14H,7-11,16H2,1H3;1H. The summed E-state index contributed by atoms with van der Waals surface area (Å²) >= 11 is 0. The predicted molar refractivity (Wildman–Crippen MR) is 82.1 cm³/mol. The van der Waals surface area contributed by atoms with E-state index in [9.17, 15) is 4.79 Å². The summed E-state index contributed by atoms with van der Waals surface area (Å²) in [6, 6.07) is 10.4. The minimum atomic E-state index is -0.164. The summed E-state index contributed by atoms with van der Waals surface area (Å²) in [4.78, 5) is 14.1. The monoisotopic (exact) mass is 298 g/mol. The van der Waals surface area contributed by atoms with E-state index in [1.54, 1.807) is 7.11 Å². The lowest BCUT2D eigenvalue weighted by atomic mass is 9.99. The molecule has 0 spiro atoms. The molecule has 0 saturated carbocycles. The normalized spacial score (nSPS) is 19.5. The molecule has 2 unspecified atom stereocenters. The van der Waals surface area contributed by atoms with Gasteiger partial charge in [-0.1, -0.05) is 30.3 Å². The van der Waals surface area contributed by atoms with Crippen molar-refractivity contribution in [2.24, 2.45) is 5.73 Å². The Balaban J connectivity index is 0.00000200. The van der Waals surface area contributed by atoms with Crippen LogP contribution in [0.1, 0.15) is 24.3 Å². The molecule has 1 saturated heterocycles. The number of benzene rings is 1. The van der Waals surface area contributed by atoms with Crippen LogP contribution in [-0.4, -0.2) is 43.7 Å². The summed E-state index contributed by atoms with van der Waals surface area (Å²) in [5.41, 5.74) is 6.87. The summed E-state index contributed by atoms with van der Waals surface area (Å²) in [6.45, 7) is 2.03. The number of halogens is 1. The van der Waals surface area contributed by atoms with Gasteiger partial charge in [0, 0.05) is 32.7 Å². The molecule has 2 rings (SSSR count). The number of ether oxygens (including phenoxy) is 1. The average Bonchev–Trinajstić information content (AvgIpc) is 2.95. The van der Waals surface area contributed by atoms with Crippen molar-refractivity contribution < 1.29 is 9.53 Å². The largest absolute Gasteiger partial charge is 0.380 e. The second-order valence-electron chi connectivity index (χ2n) is 5.03. The van der Waals surface area contributed by atoms with Gasteiger partial charge in [-0.2, -0.15) is 0 Å². The highest BCUT2D eigenvalue weighted by Crippen LogP contribution is 2.27. The predicted octanol–water partition coefficient (Wildman–Crippen LogP) is 1.79. The van der Waals surface area contributed by atoms with Crippen LogP contribution in [-0.2, 0) is 9.53 Å². The molecular weight excluding hydrogens is 276 g/mol. The first-order valence-corrected chi connectivity index (χ1v) is 6.80. The van der Waals surface area contributed by atoms with E-state index in [4.69, 9.17) is 10.5 Å². The van der Waals surface area contributed by atoms with Gasteiger partial charge in [0.1, 0.15) is 0 Å². The molecule has 0 radical (unpaired) electrons. The molecule has 1 aliphatic rings. The fourth-order valence-corrected chi connectivity index (χ4v) is 2.57. The maximum Gasteiger partial charge on any atom is 0.225 e. The van der Waals surface area contributed by atoms with E-state index in [0.29, 0.717) is 18.9 Å². The quantitative estimate of drug-likeness (QED) is 0.901. The molecule has 1 amide bonds. The number of carbonyl (C=O) groups excluding carboxylic acids is 1. The molecule has 0 aromatic heterocycles. The highest BCUT2D eigenvalue weighted by molar-refractivity contribution is 5.85. The summed E-state index contributed by atoms with van der Waals surface area (Å²) in [5.74, 6) is 0.611. The van der Waals surface area contributed by atoms with E-state index in [1.807, 2.05) is 11.0 Å². The van der Waals surface area contributed by atoms with Gasteiger partial charge in [-0.25, -0.2) is 0 Å². The second kappa shape index (κ2) is 8.25. The number of carbonyl (C=O) groups is 1. The van der Waals surface area contributed by atoms with Crippen LogP contribution in [0.4, 0.5) is 0 Å². The summed E-state index contributed by atoms with van der Waals surface area (Å²) < 4.78 is 5.17. The Bertz CT molecular complexity index is 410. The first-order valence-electron chi connectivity index (χ1n) is 6.80. The van der Waals surface area contributed by atoms with Gasteiger partial charge in [-0.3, -0.25) is 4.79 Å². The van der Waals surface area contributed by atoms with Gasteiger partial charge < -0.3 is 15.4 Å². The van der Waals surface area contributed by atoms with Crippen molar-refractivity contribution in [2.75, 3.05) is 26.7 Å². The maximum absolute atomic E-state index is 12.1. The SMILES string of the molecule is COC(CN)CC(=O)N1CCC(c2ccccc2)C1.Cl. The van der Waals surface area contributed by atoms with Gasteiger partial charge in [0.05, 0.1) is 12.5 Å². The Morgan fingerprint density at radius 3 is 2.75 bits per heavy atom. The van der Waals surface area contributed by atoms with E-state index in [0.717, 1.165) is 19.5 Å². The fraction of sp³-hybridized carbons (Fsp3) is 0.533. The van der Waals surface area contributed by atoms with Crippen molar-refractivity contribution in [3.63, 3.8) is 0 Å². The van der Waals surface area contributed by atoms with Crippen LogP contribution >= 0.6 is 12.4 Å². The third kappa shape index (κ3) is 4.20. The lowest BCUT2D eigenvalue weighted by Crippen LogP contribution is -2.34. The molecule has 0 bridgehead atoms. The van der Waals surface area contributed by atoms with E-state index < -0.39 is 0 Å². The number of nitrogens with two attached hydrogens (primary N) is 1. The lowest BCUT2D eigenvalue weighted by Gasteiger charge is -2.20. The van der Waals surface area contributed by atoms with Gasteiger partial charge in [-0.05, 0) is 12.0 Å². The number of nitrogens with zero attached hydrogens (tertiary/aromatic N) is 1. The Hall–Kier alpha value is -1.10. The van der Waals surface area contributed by atoms with Crippen molar-refractivity contribution in [1.29, 1.82) is 0 Å². The zero-order valence-corrected chi connectivity index (χ0v) is 12.6. The van der Waals surface area contributed by atoms with Crippen LogP contribution in [0.5, 0.6) is 0 Å². The first-order chi connectivity index (χ1) is 9.24. The van der Waals surface area contributed by atoms with Crippen LogP contribution in [0, 0.1) is 0 Å². The number of methoxy groups -OCH3 is 1. The molecule has 1 aromatic carbocycles. The number of rotatable bonds is 5. The molecule has 2 atom stereocenters. The Morgan fingerprint density at radius 1 is 1.45 bits per heavy atom. The molecular formula is C15H23ClN2O2. The van der Waals surface area contributed by atoms with Crippen LogP contribution in [0.3, 0.4) is 0 Å². The zero-order chi connectivity index (χ0) is 13.7. The molecule has 5 heteroatoms. The van der Waals surface area contributed by atoms with Crippen LogP contribution < -0.4 is 5.73 Å². The van der Waals surface area contributed by atoms with Crippen molar-refractivity contribution in [1.82, 2.24) is 4.90 Å². The fourth-order valence-electron chi connectivity index (χ4n) is 2.57. The molecule has 1 heterocycles. The topological polar surface area (TPSA) is 55.6 Å². The van der Waals surface area contributed by atoms with Gasteiger partial charge in [0.2, 0.25) is 5.91 Å². The molecule has 112 valence electrons. The number of likely N-dealkylation sites (tertiary alicyclic amines) is 1. The Morgan fingerprint density at radius 2 is 2.15 bits per heavy atom. The molecule has 1 aromatic rings. The third-order valence-corrected chi connectivity index (χ3v) is 3.81. The first kappa shape index (κ1) is 17.0. The van der Waals surface area contributed by atoms with Crippen molar-refractivity contribution in [3.05, 3.63) is 35.9 Å². The van der Waals surface area contributed by atoms with Crippen molar-refractivity contribution in [2.45, 2.75) is 24.9 Å². The highest BCUT2D eigenvalue weighted by Gasteiger charge is 2.28. The van der Waals surface area contributed by atoms with E-state index >= 15 is 0 Å². The van der Waals surface area contributed by atoms with Crippen molar-refractivity contribution >= 4 is 18.3 Å². The molecule has 4 nitrogen and oxygen atoms in total. The van der Waals surface area contributed by atoms with Crippen LogP contribution in [0.2, 0.25) is 0 Å². The average molecular weight is 299 g/mol. The van der Waals surface area contributed by atoms with Gasteiger partial charge in [0.25, 0.3) is 0 Å².